The number of benzene rings is 5. The van der Waals surface area contributed by atoms with E-state index in [-0.39, 0.29) is 6.04 Å². The van der Waals surface area contributed by atoms with Gasteiger partial charge in [0.05, 0.1) is 11.6 Å². The van der Waals surface area contributed by atoms with Crippen molar-refractivity contribution in [3.63, 3.8) is 0 Å². The predicted octanol–water partition coefficient (Wildman–Crippen LogP) is 7.25. The van der Waals surface area contributed by atoms with E-state index in [0.717, 1.165) is 6.54 Å². The number of rotatable bonds is 8. The molecule has 0 spiro atoms. The van der Waals surface area contributed by atoms with Crippen molar-refractivity contribution in [3.8, 4) is 0 Å². The summed E-state index contributed by atoms with van der Waals surface area (Å²) < 4.78 is 6.63. The van der Waals surface area contributed by atoms with E-state index in [1.54, 1.807) is 0 Å². The third kappa shape index (κ3) is 3.81. The fourth-order valence-corrected chi connectivity index (χ4v) is 6.19. The first-order valence-electron chi connectivity index (χ1n) is 12.9. The van der Waals surface area contributed by atoms with Gasteiger partial charge in [0, 0.05) is 13.7 Å². The molecule has 1 saturated heterocycles. The van der Waals surface area contributed by atoms with E-state index in [1.165, 1.54) is 27.8 Å². The Bertz CT molecular complexity index is 1280. The predicted molar refractivity (Wildman–Crippen MR) is 150 cm³/mol. The van der Waals surface area contributed by atoms with Gasteiger partial charge in [-0.2, -0.15) is 0 Å². The topological polar surface area (TPSA) is 12.2 Å². The van der Waals surface area contributed by atoms with Crippen molar-refractivity contribution in [1.29, 1.82) is 0 Å². The van der Waals surface area contributed by atoms with Crippen LogP contribution in [0.15, 0.2) is 152 Å². The van der Waals surface area contributed by atoms with Gasteiger partial charge in [0.25, 0.3) is 0 Å². The van der Waals surface area contributed by atoms with Crippen molar-refractivity contribution in [2.75, 3.05) is 13.7 Å². The Balaban J connectivity index is 1.61. The van der Waals surface area contributed by atoms with Gasteiger partial charge < -0.3 is 4.74 Å². The zero-order valence-electron chi connectivity index (χ0n) is 21.1. The van der Waals surface area contributed by atoms with E-state index >= 15 is 0 Å². The Morgan fingerprint density at radius 2 is 0.784 bits per heavy atom. The zero-order valence-corrected chi connectivity index (χ0v) is 21.1. The maximum atomic E-state index is 6.63. The lowest BCUT2D eigenvalue weighted by atomic mass is 9.76. The maximum Gasteiger partial charge on any atom is 0.134 e. The van der Waals surface area contributed by atoms with Gasteiger partial charge in [0.1, 0.15) is 5.60 Å². The zero-order chi connectivity index (χ0) is 25.1. The largest absolute Gasteiger partial charge is 0.367 e. The first-order valence-corrected chi connectivity index (χ1v) is 12.9. The SMILES string of the molecule is COC(c1ccccc1)(c1ccccc1)C1CN1C(c1ccccc1)(c1ccccc1)c1ccccc1. The minimum atomic E-state index is -0.619. The summed E-state index contributed by atoms with van der Waals surface area (Å²) in [5.74, 6) is 0. The minimum absolute atomic E-state index is 0.114. The lowest BCUT2D eigenvalue weighted by Gasteiger charge is -2.41. The summed E-state index contributed by atoms with van der Waals surface area (Å²) in [4.78, 5) is 2.62. The van der Waals surface area contributed by atoms with E-state index in [2.05, 4.69) is 157 Å². The van der Waals surface area contributed by atoms with Gasteiger partial charge in [-0.05, 0) is 27.8 Å². The van der Waals surface area contributed by atoms with Crippen molar-refractivity contribution in [2.45, 2.75) is 17.2 Å². The highest BCUT2D eigenvalue weighted by atomic mass is 16.5. The van der Waals surface area contributed by atoms with Crippen LogP contribution in [0.25, 0.3) is 0 Å². The molecule has 5 aromatic carbocycles. The normalized spacial score (nSPS) is 17.3. The van der Waals surface area contributed by atoms with Crippen LogP contribution >= 0.6 is 0 Å². The van der Waals surface area contributed by atoms with Gasteiger partial charge in [-0.1, -0.05) is 152 Å². The Morgan fingerprint density at radius 1 is 0.486 bits per heavy atom. The third-order valence-electron chi connectivity index (χ3n) is 7.81. The highest BCUT2D eigenvalue weighted by Crippen LogP contribution is 2.54. The molecule has 0 saturated carbocycles. The summed E-state index contributed by atoms with van der Waals surface area (Å²) in [7, 11) is 1.85. The van der Waals surface area contributed by atoms with Gasteiger partial charge in [0.2, 0.25) is 0 Å². The quantitative estimate of drug-likeness (QED) is 0.171. The van der Waals surface area contributed by atoms with Gasteiger partial charge >= 0.3 is 0 Å². The molecule has 2 heteroatoms. The molecule has 0 aliphatic carbocycles. The van der Waals surface area contributed by atoms with E-state index in [4.69, 9.17) is 4.74 Å². The standard InChI is InChI=1S/C35H31NO/c1-37-35(31-23-13-5-14-24-31,32-25-15-6-16-26-32)33-27-36(33)34(28-17-7-2-8-18-28,29-19-9-3-10-20-29)30-21-11-4-12-22-30/h2-26,33H,27H2,1H3. The Hall–Kier alpha value is -3.98. The highest BCUT2D eigenvalue weighted by molar-refractivity contribution is 5.53. The van der Waals surface area contributed by atoms with E-state index < -0.39 is 11.1 Å². The molecule has 1 aliphatic heterocycles. The second-order valence-corrected chi connectivity index (χ2v) is 9.65. The van der Waals surface area contributed by atoms with Crippen molar-refractivity contribution in [1.82, 2.24) is 4.90 Å². The van der Waals surface area contributed by atoms with Crippen molar-refractivity contribution < 1.29 is 4.74 Å². The lowest BCUT2D eigenvalue weighted by Crippen LogP contribution is -2.45. The molecule has 5 aromatic rings. The summed E-state index contributed by atoms with van der Waals surface area (Å²) in [6, 6.07) is 54.2. The molecule has 0 amide bonds. The number of hydrogen-bond donors (Lipinski definition) is 0. The second kappa shape index (κ2) is 9.82. The lowest BCUT2D eigenvalue weighted by molar-refractivity contribution is 0.00425. The molecule has 2 unspecified atom stereocenters. The number of hydrogen-bond acceptors (Lipinski definition) is 2. The smallest absolute Gasteiger partial charge is 0.134 e. The molecule has 2 nitrogen and oxygen atoms in total. The van der Waals surface area contributed by atoms with Crippen LogP contribution in [0.3, 0.4) is 0 Å². The van der Waals surface area contributed by atoms with Crippen LogP contribution in [0.5, 0.6) is 0 Å². The van der Waals surface area contributed by atoms with E-state index in [0.29, 0.717) is 0 Å². The molecular formula is C35H31NO. The van der Waals surface area contributed by atoms with Crippen molar-refractivity contribution in [3.05, 3.63) is 179 Å². The van der Waals surface area contributed by atoms with Gasteiger partial charge in [-0.15, -0.1) is 0 Å². The Morgan fingerprint density at radius 3 is 1.08 bits per heavy atom. The van der Waals surface area contributed by atoms with Gasteiger partial charge in [-0.3, -0.25) is 4.90 Å². The van der Waals surface area contributed by atoms with Crippen molar-refractivity contribution >= 4 is 0 Å². The number of nitrogens with zero attached hydrogens (tertiary/aromatic N) is 1. The Kier molecular flexibility index (Phi) is 6.21. The molecular weight excluding hydrogens is 450 g/mol. The summed E-state index contributed by atoms with van der Waals surface area (Å²) in [6.07, 6.45) is 0. The second-order valence-electron chi connectivity index (χ2n) is 9.65. The van der Waals surface area contributed by atoms with Crippen LogP contribution in [-0.4, -0.2) is 24.6 Å². The third-order valence-corrected chi connectivity index (χ3v) is 7.81. The first-order chi connectivity index (χ1) is 18.3. The number of methoxy groups -OCH3 is 1. The van der Waals surface area contributed by atoms with Crippen LogP contribution in [0, 0.1) is 0 Å². The highest BCUT2D eigenvalue weighted by Gasteiger charge is 2.62. The molecule has 1 aliphatic rings. The summed E-state index contributed by atoms with van der Waals surface area (Å²) in [5, 5.41) is 0. The van der Waals surface area contributed by atoms with Gasteiger partial charge in [-0.25, -0.2) is 0 Å². The van der Waals surface area contributed by atoms with Gasteiger partial charge in [0.15, 0.2) is 0 Å². The summed E-state index contributed by atoms with van der Waals surface area (Å²) in [6.45, 7) is 0.885. The average Bonchev–Trinajstić information content (AvgIpc) is 3.79. The minimum Gasteiger partial charge on any atom is -0.367 e. The molecule has 1 heterocycles. The summed E-state index contributed by atoms with van der Waals surface area (Å²) >= 11 is 0. The van der Waals surface area contributed by atoms with Crippen LogP contribution < -0.4 is 0 Å². The molecule has 37 heavy (non-hydrogen) atoms. The molecule has 0 N–H and O–H groups in total. The first kappa shape index (κ1) is 23.4. The van der Waals surface area contributed by atoms with Crippen molar-refractivity contribution in [2.24, 2.45) is 0 Å². The van der Waals surface area contributed by atoms with Crippen LogP contribution in [-0.2, 0) is 15.9 Å². The molecule has 0 radical (unpaired) electrons. The monoisotopic (exact) mass is 481 g/mol. The molecule has 6 rings (SSSR count). The fourth-order valence-electron chi connectivity index (χ4n) is 6.19. The average molecular weight is 482 g/mol. The summed E-state index contributed by atoms with van der Waals surface area (Å²) in [5.41, 5.74) is 5.00. The molecule has 1 fully saturated rings. The Labute approximate surface area is 219 Å². The van der Waals surface area contributed by atoms with Crippen LogP contribution in [0.1, 0.15) is 27.8 Å². The fraction of sp³-hybridized carbons (Fsp3) is 0.143. The van der Waals surface area contributed by atoms with E-state index in [9.17, 15) is 0 Å². The maximum absolute atomic E-state index is 6.63. The number of ether oxygens (including phenoxy) is 1. The molecule has 2 atom stereocenters. The molecule has 0 aromatic heterocycles. The van der Waals surface area contributed by atoms with Crippen LogP contribution in [0.2, 0.25) is 0 Å². The molecule has 182 valence electrons. The van der Waals surface area contributed by atoms with E-state index in [1.807, 2.05) is 7.11 Å². The molecule has 0 bridgehead atoms. The van der Waals surface area contributed by atoms with Crippen LogP contribution in [0.4, 0.5) is 0 Å².